The first-order valence-electron chi connectivity index (χ1n) is 4.51. The van der Waals surface area contributed by atoms with Gasteiger partial charge in [-0.05, 0) is 47.9 Å². The van der Waals surface area contributed by atoms with Crippen LogP contribution in [0.4, 0.5) is 10.0 Å². The van der Waals surface area contributed by atoms with Crippen LogP contribution in [0.3, 0.4) is 0 Å². The highest BCUT2D eigenvalue weighted by Gasteiger charge is 1.92. The van der Waals surface area contributed by atoms with Crippen molar-refractivity contribution in [2.75, 3.05) is 0 Å². The molecule has 0 saturated carbocycles. The predicted molar refractivity (Wildman–Crippen MR) is 67.3 cm³/mol. The van der Waals surface area contributed by atoms with Crippen molar-refractivity contribution in [2.24, 2.45) is 9.98 Å². The van der Waals surface area contributed by atoms with Crippen molar-refractivity contribution in [1.29, 1.82) is 0 Å². The number of aryl methyl sites for hydroxylation is 2. The number of nitrogens with zero attached hydrogens (tertiary/aromatic N) is 2. The normalized spacial score (nSPS) is 9.73. The molecule has 2 aromatic heterocycles. The third-order valence-electron chi connectivity index (χ3n) is 1.75. The molecule has 0 unspecified atom stereocenters. The van der Waals surface area contributed by atoms with Crippen molar-refractivity contribution < 1.29 is 0 Å². The van der Waals surface area contributed by atoms with E-state index in [1.165, 1.54) is 11.1 Å². The zero-order valence-corrected chi connectivity index (χ0v) is 10.2. The van der Waals surface area contributed by atoms with Crippen LogP contribution in [0, 0.1) is 13.8 Å². The van der Waals surface area contributed by atoms with Gasteiger partial charge in [-0.3, -0.25) is 0 Å². The molecule has 0 aliphatic carbocycles. The van der Waals surface area contributed by atoms with Crippen LogP contribution in [0.2, 0.25) is 0 Å². The molecule has 2 aromatic rings. The molecule has 0 fully saturated rings. The highest BCUT2D eigenvalue weighted by molar-refractivity contribution is 7.14. The summed E-state index contributed by atoms with van der Waals surface area (Å²) in [5.74, 6) is 0. The van der Waals surface area contributed by atoms with Crippen LogP contribution in [0.25, 0.3) is 0 Å². The van der Waals surface area contributed by atoms with Crippen molar-refractivity contribution in [3.8, 4) is 0 Å². The second-order valence-electron chi connectivity index (χ2n) is 3.25. The molecule has 2 rings (SSSR count). The Labute approximate surface area is 96.7 Å². The predicted octanol–water partition coefficient (Wildman–Crippen LogP) is 4.56. The Morgan fingerprint density at radius 2 is 1.40 bits per heavy atom. The average Bonchev–Trinajstić information content (AvgIpc) is 2.76. The molecule has 0 aliphatic heterocycles. The van der Waals surface area contributed by atoms with E-state index in [1.54, 1.807) is 22.7 Å². The molecule has 2 nitrogen and oxygen atoms in total. The lowest BCUT2D eigenvalue weighted by atomic mass is 10.4. The van der Waals surface area contributed by atoms with Gasteiger partial charge in [-0.15, -0.1) is 22.7 Å². The van der Waals surface area contributed by atoms with Gasteiger partial charge in [0.1, 0.15) is 16.0 Å². The molecule has 0 spiro atoms. The summed E-state index contributed by atoms with van der Waals surface area (Å²) >= 11 is 3.21. The first-order chi connectivity index (χ1) is 7.24. The van der Waals surface area contributed by atoms with E-state index in [-0.39, 0.29) is 0 Å². The maximum atomic E-state index is 4.14. The maximum absolute atomic E-state index is 4.14. The summed E-state index contributed by atoms with van der Waals surface area (Å²) in [6, 6.07) is 6.76. The van der Waals surface area contributed by atoms with E-state index in [1.807, 2.05) is 12.1 Å². The number of thiophene rings is 2. The minimum Gasteiger partial charge on any atom is -0.176 e. The fourth-order valence-electron chi connectivity index (χ4n) is 1.07. The lowest BCUT2D eigenvalue weighted by Gasteiger charge is -1.78. The van der Waals surface area contributed by atoms with Gasteiger partial charge >= 0.3 is 0 Å². The molecule has 0 aromatic carbocycles. The van der Waals surface area contributed by atoms with E-state index in [9.17, 15) is 0 Å². The van der Waals surface area contributed by atoms with E-state index >= 15 is 0 Å². The molecular weight excluding hydrogens is 224 g/mol. The monoisotopic (exact) mass is 234 g/mol. The Morgan fingerprint density at radius 3 is 1.73 bits per heavy atom. The van der Waals surface area contributed by atoms with Crippen LogP contribution < -0.4 is 0 Å². The second-order valence-corrected chi connectivity index (χ2v) is 5.03. The summed E-state index contributed by atoms with van der Waals surface area (Å²) in [6.07, 6.45) is 0. The zero-order valence-electron chi connectivity index (χ0n) is 8.52. The minimum absolute atomic E-state index is 0.949. The lowest BCUT2D eigenvalue weighted by molar-refractivity contribution is 1.51. The SMILES string of the molecule is Cc1csc(N=C=Nc2cc(C)cs2)c1. The summed E-state index contributed by atoms with van der Waals surface area (Å²) in [4.78, 5) is 8.28. The summed E-state index contributed by atoms with van der Waals surface area (Å²) in [5, 5.41) is 6.03. The van der Waals surface area contributed by atoms with Gasteiger partial charge in [0, 0.05) is 0 Å². The first kappa shape index (κ1) is 10.3. The van der Waals surface area contributed by atoms with Crippen LogP contribution in [-0.4, -0.2) is 6.01 Å². The van der Waals surface area contributed by atoms with Crippen molar-refractivity contribution in [2.45, 2.75) is 13.8 Å². The van der Waals surface area contributed by atoms with Gasteiger partial charge < -0.3 is 0 Å². The average molecular weight is 234 g/mol. The molecule has 0 radical (unpaired) electrons. The fourth-order valence-corrected chi connectivity index (χ4v) is 2.52. The quantitative estimate of drug-likeness (QED) is 0.680. The van der Waals surface area contributed by atoms with Crippen molar-refractivity contribution in [3.05, 3.63) is 34.0 Å². The molecule has 15 heavy (non-hydrogen) atoms. The molecule has 0 bridgehead atoms. The molecule has 0 amide bonds. The van der Waals surface area contributed by atoms with Crippen molar-refractivity contribution in [1.82, 2.24) is 0 Å². The smallest absolute Gasteiger partial charge is 0.127 e. The summed E-state index contributed by atoms with van der Waals surface area (Å²) in [5.41, 5.74) is 2.46. The van der Waals surface area contributed by atoms with Gasteiger partial charge in [-0.1, -0.05) is 0 Å². The number of hydrogen-bond donors (Lipinski definition) is 0. The topological polar surface area (TPSA) is 24.7 Å². The summed E-state index contributed by atoms with van der Waals surface area (Å²) in [6.45, 7) is 4.10. The fraction of sp³-hybridized carbons (Fsp3) is 0.182. The van der Waals surface area contributed by atoms with Crippen molar-refractivity contribution in [3.63, 3.8) is 0 Å². The molecule has 0 aliphatic rings. The second kappa shape index (κ2) is 4.53. The Kier molecular flexibility index (Phi) is 3.11. The minimum atomic E-state index is 0.949. The van der Waals surface area contributed by atoms with Crippen LogP contribution >= 0.6 is 22.7 Å². The van der Waals surface area contributed by atoms with E-state index in [4.69, 9.17) is 0 Å². The van der Waals surface area contributed by atoms with Crippen molar-refractivity contribution >= 4 is 38.7 Å². The van der Waals surface area contributed by atoms with E-state index in [2.05, 4.69) is 40.6 Å². The molecule has 4 heteroatoms. The molecule has 76 valence electrons. The number of hydrogen-bond acceptors (Lipinski definition) is 4. The van der Waals surface area contributed by atoms with Gasteiger partial charge in [0.15, 0.2) is 0 Å². The molecule has 0 N–H and O–H groups in total. The van der Waals surface area contributed by atoms with E-state index < -0.39 is 0 Å². The standard InChI is InChI=1S/C11H10N2S2/c1-8-3-10(14-5-8)12-7-13-11-4-9(2)6-15-11/h3-6H,1-2H3. The maximum Gasteiger partial charge on any atom is 0.127 e. The van der Waals surface area contributed by atoms with E-state index in [0.29, 0.717) is 0 Å². The third-order valence-corrected chi connectivity index (χ3v) is 3.63. The molecule has 2 heterocycles. The molecular formula is C11H10N2S2. The Balaban J connectivity index is 2.14. The number of rotatable bonds is 2. The lowest BCUT2D eigenvalue weighted by Crippen LogP contribution is -1.55. The Morgan fingerprint density at radius 1 is 0.933 bits per heavy atom. The van der Waals surface area contributed by atoms with Crippen LogP contribution in [0.1, 0.15) is 11.1 Å². The van der Waals surface area contributed by atoms with Crippen LogP contribution in [0.15, 0.2) is 32.9 Å². The first-order valence-corrected chi connectivity index (χ1v) is 6.27. The van der Waals surface area contributed by atoms with Gasteiger partial charge in [0.25, 0.3) is 0 Å². The van der Waals surface area contributed by atoms with Crippen LogP contribution in [0.5, 0.6) is 0 Å². The molecule has 0 saturated heterocycles. The summed E-state index contributed by atoms with van der Waals surface area (Å²) < 4.78 is 0. The van der Waals surface area contributed by atoms with E-state index in [0.717, 1.165) is 10.0 Å². The third kappa shape index (κ3) is 2.86. The summed E-state index contributed by atoms with van der Waals surface area (Å²) in [7, 11) is 0. The Bertz CT molecular complexity index is 472. The number of aliphatic imine (C=N–C) groups is 2. The highest BCUT2D eigenvalue weighted by Crippen LogP contribution is 2.24. The van der Waals surface area contributed by atoms with Gasteiger partial charge in [0.05, 0.1) is 0 Å². The van der Waals surface area contributed by atoms with Gasteiger partial charge in [-0.2, -0.15) is 9.98 Å². The Hall–Kier alpha value is -1.22. The zero-order chi connectivity index (χ0) is 10.7. The van der Waals surface area contributed by atoms with Gasteiger partial charge in [0.2, 0.25) is 0 Å². The molecule has 0 atom stereocenters. The van der Waals surface area contributed by atoms with Crippen LogP contribution in [-0.2, 0) is 0 Å². The largest absolute Gasteiger partial charge is 0.176 e. The van der Waals surface area contributed by atoms with Gasteiger partial charge in [-0.25, -0.2) is 0 Å². The highest BCUT2D eigenvalue weighted by atomic mass is 32.1.